The zero-order chi connectivity index (χ0) is 20.4. The summed E-state index contributed by atoms with van der Waals surface area (Å²) < 4.78 is 42.9. The van der Waals surface area contributed by atoms with Crippen molar-refractivity contribution in [2.45, 2.75) is 19.3 Å². The molecule has 146 valence electrons. The molecule has 6 nitrogen and oxygen atoms in total. The van der Waals surface area contributed by atoms with Crippen LogP contribution in [0.2, 0.25) is 6.82 Å². The van der Waals surface area contributed by atoms with Crippen LogP contribution in [0, 0.1) is 0 Å². The standard InChI is InChI=1S/C19H16BF3N6/c1-20(10-13-5-3-2-4-6-13)29-18(19(21,22)23)17(27-28-29)14-7-8-25-15(9-14)16-11-24-12-26-16/h2-9,11-12H,10H2,1H3,(H,24,26). The first-order chi connectivity index (χ1) is 13.9. The number of hydrogen-bond acceptors (Lipinski definition) is 4. The molecule has 0 bridgehead atoms. The van der Waals surface area contributed by atoms with E-state index in [1.807, 2.05) is 30.3 Å². The fourth-order valence-electron chi connectivity index (χ4n) is 3.22. The second kappa shape index (κ2) is 7.54. The average molecular weight is 396 g/mol. The number of pyridine rings is 1. The molecule has 3 aromatic heterocycles. The lowest BCUT2D eigenvalue weighted by Gasteiger charge is -2.15. The Labute approximate surface area is 164 Å². The van der Waals surface area contributed by atoms with Gasteiger partial charge in [-0.3, -0.25) is 9.58 Å². The first-order valence-electron chi connectivity index (χ1n) is 8.95. The van der Waals surface area contributed by atoms with Gasteiger partial charge in [-0.2, -0.15) is 13.2 Å². The molecule has 0 saturated carbocycles. The summed E-state index contributed by atoms with van der Waals surface area (Å²) in [6.07, 6.45) is 0.268. The second-order valence-corrected chi connectivity index (χ2v) is 6.66. The lowest BCUT2D eigenvalue weighted by Crippen LogP contribution is -2.30. The minimum atomic E-state index is -4.61. The number of rotatable bonds is 5. The van der Waals surface area contributed by atoms with Crippen LogP contribution in [0.5, 0.6) is 0 Å². The van der Waals surface area contributed by atoms with Gasteiger partial charge in [0.25, 0.3) is 6.85 Å². The van der Waals surface area contributed by atoms with Crippen LogP contribution in [0.15, 0.2) is 61.2 Å². The van der Waals surface area contributed by atoms with Crippen LogP contribution in [-0.2, 0) is 12.5 Å². The Bertz CT molecular complexity index is 1090. The molecule has 0 unspecified atom stereocenters. The molecule has 0 fully saturated rings. The molecule has 0 saturated heterocycles. The molecule has 0 amide bonds. The maximum absolute atomic E-state index is 14.0. The van der Waals surface area contributed by atoms with Gasteiger partial charge in [-0.05, 0) is 18.5 Å². The van der Waals surface area contributed by atoms with Crippen molar-refractivity contribution in [3.8, 4) is 22.6 Å². The molecule has 4 rings (SSSR count). The third-order valence-electron chi connectivity index (χ3n) is 4.56. The fourth-order valence-corrected chi connectivity index (χ4v) is 3.22. The number of hydrogen-bond donors (Lipinski definition) is 1. The van der Waals surface area contributed by atoms with E-state index in [1.165, 1.54) is 18.6 Å². The number of aromatic amines is 1. The SMILES string of the molecule is CB(Cc1ccccc1)n1nnc(-c2ccnc(-c3cnc[nH]3)c2)c1C(F)(F)F. The van der Waals surface area contributed by atoms with Crippen molar-refractivity contribution in [1.29, 1.82) is 0 Å². The number of H-pyrrole nitrogens is 1. The highest BCUT2D eigenvalue weighted by Crippen LogP contribution is 2.36. The molecule has 0 atom stereocenters. The molecule has 4 aromatic rings. The minimum Gasteiger partial charge on any atom is -0.343 e. The Morgan fingerprint density at radius 2 is 1.93 bits per heavy atom. The van der Waals surface area contributed by atoms with Crippen LogP contribution in [0.25, 0.3) is 22.6 Å². The predicted molar refractivity (Wildman–Crippen MR) is 103 cm³/mol. The number of nitrogens with one attached hydrogen (secondary N) is 1. The van der Waals surface area contributed by atoms with Gasteiger partial charge in [0.05, 0.1) is 23.9 Å². The summed E-state index contributed by atoms with van der Waals surface area (Å²) in [6.45, 7) is 1.17. The normalized spacial score (nSPS) is 11.6. The van der Waals surface area contributed by atoms with Crippen LogP contribution < -0.4 is 0 Å². The number of nitrogens with zero attached hydrogens (tertiary/aromatic N) is 5. The van der Waals surface area contributed by atoms with Gasteiger partial charge in [0, 0.05) is 11.8 Å². The Hall–Kier alpha value is -3.43. The van der Waals surface area contributed by atoms with Gasteiger partial charge < -0.3 is 4.98 Å². The largest absolute Gasteiger partial charge is 0.433 e. The van der Waals surface area contributed by atoms with Crippen LogP contribution >= 0.6 is 0 Å². The van der Waals surface area contributed by atoms with E-state index in [0.29, 0.717) is 17.7 Å². The van der Waals surface area contributed by atoms with Crippen molar-refractivity contribution < 1.29 is 13.2 Å². The Kier molecular flexibility index (Phi) is 4.91. The lowest BCUT2D eigenvalue weighted by atomic mass is 9.60. The Morgan fingerprint density at radius 1 is 1.14 bits per heavy atom. The number of benzene rings is 1. The number of halogens is 3. The number of imidazole rings is 1. The third kappa shape index (κ3) is 3.91. The quantitative estimate of drug-likeness (QED) is 0.518. The van der Waals surface area contributed by atoms with Gasteiger partial charge in [0.15, 0.2) is 5.69 Å². The molecular weight excluding hydrogens is 380 g/mol. The zero-order valence-corrected chi connectivity index (χ0v) is 15.4. The molecule has 1 N–H and O–H groups in total. The van der Waals surface area contributed by atoms with Crippen molar-refractivity contribution in [2.75, 3.05) is 0 Å². The van der Waals surface area contributed by atoms with Crippen LogP contribution in [0.4, 0.5) is 13.2 Å². The van der Waals surface area contributed by atoms with Crippen molar-refractivity contribution in [3.05, 3.63) is 72.4 Å². The van der Waals surface area contributed by atoms with Crippen LogP contribution in [0.3, 0.4) is 0 Å². The highest BCUT2D eigenvalue weighted by Gasteiger charge is 2.41. The summed E-state index contributed by atoms with van der Waals surface area (Å²) in [7, 11) is 0. The van der Waals surface area contributed by atoms with E-state index < -0.39 is 18.7 Å². The number of aromatic nitrogens is 6. The van der Waals surface area contributed by atoms with Gasteiger partial charge in [0.2, 0.25) is 0 Å². The Balaban J connectivity index is 1.75. The van der Waals surface area contributed by atoms with E-state index in [4.69, 9.17) is 0 Å². The molecule has 0 aliphatic carbocycles. The van der Waals surface area contributed by atoms with Crippen molar-refractivity contribution in [2.24, 2.45) is 0 Å². The highest BCUT2D eigenvalue weighted by atomic mass is 19.4. The maximum Gasteiger partial charge on any atom is 0.433 e. The van der Waals surface area contributed by atoms with Gasteiger partial charge in [0.1, 0.15) is 5.69 Å². The first-order valence-corrected chi connectivity index (χ1v) is 8.95. The highest BCUT2D eigenvalue weighted by molar-refractivity contribution is 6.54. The van der Waals surface area contributed by atoms with Crippen LogP contribution in [0.1, 0.15) is 11.3 Å². The molecule has 29 heavy (non-hydrogen) atoms. The summed E-state index contributed by atoms with van der Waals surface area (Å²) in [5.74, 6) is 0. The molecule has 0 radical (unpaired) electrons. The molecule has 3 heterocycles. The van der Waals surface area contributed by atoms with Gasteiger partial charge in [-0.25, -0.2) is 4.98 Å². The topological polar surface area (TPSA) is 72.3 Å². The third-order valence-corrected chi connectivity index (χ3v) is 4.56. The molecule has 0 aliphatic rings. The van der Waals surface area contributed by atoms with Gasteiger partial charge in [-0.1, -0.05) is 47.9 Å². The van der Waals surface area contributed by atoms with Crippen molar-refractivity contribution in [1.82, 2.24) is 29.9 Å². The zero-order valence-electron chi connectivity index (χ0n) is 15.4. The van der Waals surface area contributed by atoms with Gasteiger partial charge in [-0.15, -0.1) is 5.10 Å². The smallest absolute Gasteiger partial charge is 0.343 e. The van der Waals surface area contributed by atoms with E-state index in [-0.39, 0.29) is 11.3 Å². The molecule has 0 aliphatic heterocycles. The van der Waals surface area contributed by atoms with E-state index >= 15 is 0 Å². The van der Waals surface area contributed by atoms with Gasteiger partial charge >= 0.3 is 6.18 Å². The minimum absolute atomic E-state index is 0.222. The number of alkyl halides is 3. The average Bonchev–Trinajstić information content (AvgIpc) is 3.39. The van der Waals surface area contributed by atoms with Crippen molar-refractivity contribution in [3.63, 3.8) is 0 Å². The maximum atomic E-state index is 14.0. The van der Waals surface area contributed by atoms with E-state index in [0.717, 1.165) is 10.2 Å². The molecular formula is C19H16BF3N6. The fraction of sp³-hybridized carbons (Fsp3) is 0.158. The molecule has 0 spiro atoms. The predicted octanol–water partition coefficient (Wildman–Crippen LogP) is 4.00. The monoisotopic (exact) mass is 396 g/mol. The summed E-state index contributed by atoms with van der Waals surface area (Å²) in [6, 6.07) is 12.4. The van der Waals surface area contributed by atoms with E-state index in [9.17, 15) is 13.2 Å². The van der Waals surface area contributed by atoms with E-state index in [1.54, 1.807) is 19.1 Å². The van der Waals surface area contributed by atoms with Crippen molar-refractivity contribution >= 4 is 6.85 Å². The lowest BCUT2D eigenvalue weighted by molar-refractivity contribution is -0.141. The van der Waals surface area contributed by atoms with E-state index in [2.05, 4.69) is 25.3 Å². The molecule has 10 heteroatoms. The summed E-state index contributed by atoms with van der Waals surface area (Å²) in [5, 5.41) is 7.73. The Morgan fingerprint density at radius 3 is 2.62 bits per heavy atom. The first kappa shape index (κ1) is 18.9. The summed E-state index contributed by atoms with van der Waals surface area (Å²) in [4.78, 5) is 11.0. The molecule has 1 aromatic carbocycles. The summed E-state index contributed by atoms with van der Waals surface area (Å²) >= 11 is 0. The van der Waals surface area contributed by atoms with Crippen LogP contribution in [-0.4, -0.2) is 36.7 Å². The summed E-state index contributed by atoms with van der Waals surface area (Å²) in [5.41, 5.74) is 1.19. The second-order valence-electron chi connectivity index (χ2n) is 6.66.